The summed E-state index contributed by atoms with van der Waals surface area (Å²) in [5.41, 5.74) is 2.18. The van der Waals surface area contributed by atoms with Crippen LogP contribution in [0.5, 0.6) is 0 Å². The van der Waals surface area contributed by atoms with Crippen LogP contribution in [0.4, 0.5) is 0 Å². The van der Waals surface area contributed by atoms with Crippen molar-refractivity contribution in [1.29, 1.82) is 0 Å². The Morgan fingerprint density at radius 3 is 2.44 bits per heavy atom. The van der Waals surface area contributed by atoms with Gasteiger partial charge in [-0.1, -0.05) is 31.2 Å². The van der Waals surface area contributed by atoms with Gasteiger partial charge >= 0.3 is 11.9 Å². The minimum absolute atomic E-state index is 0.345. The molecule has 0 aromatic heterocycles. The number of benzene rings is 1. The van der Waals surface area contributed by atoms with Gasteiger partial charge in [0.15, 0.2) is 0 Å². The number of esters is 1. The fraction of sp³-hybridized carbons (Fsp3) is 0.333. The molecule has 1 amide bonds. The molecule has 0 spiro atoms. The molecule has 0 bridgehead atoms. The maximum absolute atomic E-state index is 11.2. The minimum Gasteiger partial charge on any atom is -0.462 e. The number of carbonyl (C=O) groups excluding carboxylic acids is 2. The molecule has 0 atom stereocenters. The normalized spacial score (nSPS) is 9.62. The van der Waals surface area contributed by atoms with E-state index in [-0.39, 0.29) is 0 Å². The molecule has 0 unspecified atom stereocenters. The lowest BCUT2D eigenvalue weighted by Crippen LogP contribution is -2.31. The topological polar surface area (TPSA) is 55.4 Å². The molecule has 0 heterocycles. The molecule has 1 N–H and O–H groups in total. The Kier molecular flexibility index (Phi) is 4.51. The van der Waals surface area contributed by atoms with Gasteiger partial charge in [-0.25, -0.2) is 4.79 Å². The zero-order chi connectivity index (χ0) is 12.0. The number of hydrogen-bond donors (Lipinski definition) is 1. The molecule has 1 aromatic carbocycles. The summed E-state index contributed by atoms with van der Waals surface area (Å²) in [7, 11) is 1.18. The third-order valence-electron chi connectivity index (χ3n) is 2.31. The second kappa shape index (κ2) is 5.90. The van der Waals surface area contributed by atoms with Crippen LogP contribution in [0.1, 0.15) is 18.1 Å². The van der Waals surface area contributed by atoms with E-state index in [9.17, 15) is 9.59 Å². The lowest BCUT2D eigenvalue weighted by Gasteiger charge is -2.08. The van der Waals surface area contributed by atoms with Crippen LogP contribution in [0.15, 0.2) is 24.3 Å². The average molecular weight is 221 g/mol. The van der Waals surface area contributed by atoms with Crippen LogP contribution >= 0.6 is 0 Å². The maximum Gasteiger partial charge on any atom is 0.396 e. The molecular formula is C12H15NO3. The van der Waals surface area contributed by atoms with Crippen LogP contribution in [-0.2, 0) is 27.3 Å². The largest absolute Gasteiger partial charge is 0.462 e. The van der Waals surface area contributed by atoms with Crippen LogP contribution in [0.3, 0.4) is 0 Å². The number of nitrogens with one attached hydrogen (secondary N) is 1. The van der Waals surface area contributed by atoms with Gasteiger partial charge in [-0.2, -0.15) is 0 Å². The number of methoxy groups -OCH3 is 1. The third kappa shape index (κ3) is 3.08. The predicted molar refractivity (Wildman–Crippen MR) is 59.7 cm³/mol. The van der Waals surface area contributed by atoms with Crippen molar-refractivity contribution in [2.45, 2.75) is 19.9 Å². The summed E-state index contributed by atoms with van der Waals surface area (Å²) < 4.78 is 4.31. The lowest BCUT2D eigenvalue weighted by atomic mass is 10.1. The van der Waals surface area contributed by atoms with Crippen molar-refractivity contribution < 1.29 is 14.3 Å². The van der Waals surface area contributed by atoms with Crippen LogP contribution in [0, 0.1) is 0 Å². The Hall–Kier alpha value is -1.84. The van der Waals surface area contributed by atoms with Gasteiger partial charge in [-0.3, -0.25) is 4.79 Å². The third-order valence-corrected chi connectivity index (χ3v) is 2.31. The Balaban J connectivity index is 2.61. The molecule has 0 aliphatic rings. The first-order valence-corrected chi connectivity index (χ1v) is 5.12. The van der Waals surface area contributed by atoms with Gasteiger partial charge in [0.25, 0.3) is 0 Å². The zero-order valence-corrected chi connectivity index (χ0v) is 9.45. The molecule has 0 saturated carbocycles. The van der Waals surface area contributed by atoms with E-state index < -0.39 is 11.9 Å². The summed E-state index contributed by atoms with van der Waals surface area (Å²) >= 11 is 0. The fourth-order valence-electron chi connectivity index (χ4n) is 1.42. The van der Waals surface area contributed by atoms with Gasteiger partial charge in [0.05, 0.1) is 7.11 Å². The molecule has 0 aliphatic carbocycles. The van der Waals surface area contributed by atoms with Gasteiger partial charge in [0, 0.05) is 6.54 Å². The second-order valence-electron chi connectivity index (χ2n) is 3.30. The van der Waals surface area contributed by atoms with E-state index in [1.807, 2.05) is 31.2 Å². The van der Waals surface area contributed by atoms with Crippen molar-refractivity contribution in [3.8, 4) is 0 Å². The molecule has 4 heteroatoms. The number of rotatable bonds is 3. The van der Waals surface area contributed by atoms with Crippen molar-refractivity contribution in [1.82, 2.24) is 5.32 Å². The Bertz CT molecular complexity index is 388. The molecule has 1 aromatic rings. The van der Waals surface area contributed by atoms with E-state index >= 15 is 0 Å². The molecular weight excluding hydrogens is 206 g/mol. The van der Waals surface area contributed by atoms with Crippen LogP contribution in [0.25, 0.3) is 0 Å². The van der Waals surface area contributed by atoms with Crippen molar-refractivity contribution >= 4 is 11.9 Å². The average Bonchev–Trinajstić information content (AvgIpc) is 2.35. The molecule has 0 aliphatic heterocycles. The first-order valence-electron chi connectivity index (χ1n) is 5.12. The molecule has 86 valence electrons. The van der Waals surface area contributed by atoms with E-state index in [0.717, 1.165) is 17.5 Å². The Morgan fingerprint density at radius 2 is 1.88 bits per heavy atom. The minimum atomic E-state index is -0.867. The van der Waals surface area contributed by atoms with Gasteiger partial charge in [-0.05, 0) is 17.5 Å². The van der Waals surface area contributed by atoms with Crippen LogP contribution < -0.4 is 5.32 Å². The van der Waals surface area contributed by atoms with Gasteiger partial charge in [-0.15, -0.1) is 0 Å². The zero-order valence-electron chi connectivity index (χ0n) is 9.45. The summed E-state index contributed by atoms with van der Waals surface area (Å²) in [5, 5.41) is 2.51. The highest BCUT2D eigenvalue weighted by Gasteiger charge is 2.12. The van der Waals surface area contributed by atoms with E-state index in [1.165, 1.54) is 7.11 Å². The molecule has 4 nitrogen and oxygen atoms in total. The first-order chi connectivity index (χ1) is 7.69. The van der Waals surface area contributed by atoms with Crippen LogP contribution in [-0.4, -0.2) is 19.0 Å². The second-order valence-corrected chi connectivity index (χ2v) is 3.30. The summed E-state index contributed by atoms with van der Waals surface area (Å²) in [5.74, 6) is -1.58. The van der Waals surface area contributed by atoms with Crippen molar-refractivity contribution in [2.24, 2.45) is 0 Å². The Morgan fingerprint density at radius 1 is 1.25 bits per heavy atom. The number of carbonyl (C=O) groups is 2. The quantitative estimate of drug-likeness (QED) is 0.613. The highest BCUT2D eigenvalue weighted by molar-refractivity contribution is 6.32. The number of ether oxygens (including phenoxy) is 1. The summed E-state index contributed by atoms with van der Waals surface area (Å²) in [6.45, 7) is 2.39. The van der Waals surface area contributed by atoms with Crippen molar-refractivity contribution in [2.75, 3.05) is 7.11 Å². The highest BCUT2D eigenvalue weighted by Crippen LogP contribution is 2.08. The summed E-state index contributed by atoms with van der Waals surface area (Å²) in [6, 6.07) is 7.78. The number of hydrogen-bond acceptors (Lipinski definition) is 3. The van der Waals surface area contributed by atoms with Gasteiger partial charge < -0.3 is 10.1 Å². The fourth-order valence-corrected chi connectivity index (χ4v) is 1.42. The summed E-state index contributed by atoms with van der Waals surface area (Å²) in [4.78, 5) is 22.0. The number of amides is 1. The van der Waals surface area contributed by atoms with E-state index in [1.54, 1.807) is 0 Å². The molecule has 0 fully saturated rings. The molecule has 16 heavy (non-hydrogen) atoms. The van der Waals surface area contributed by atoms with Crippen molar-refractivity contribution in [3.05, 3.63) is 35.4 Å². The SMILES string of the molecule is CCc1ccccc1CNC(=O)C(=O)OC. The van der Waals surface area contributed by atoms with Crippen LogP contribution in [0.2, 0.25) is 0 Å². The predicted octanol–water partition coefficient (Wildman–Crippen LogP) is 1.04. The van der Waals surface area contributed by atoms with Crippen molar-refractivity contribution in [3.63, 3.8) is 0 Å². The molecule has 1 rings (SSSR count). The number of aryl methyl sites for hydroxylation is 1. The van der Waals surface area contributed by atoms with E-state index in [2.05, 4.69) is 10.1 Å². The summed E-state index contributed by atoms with van der Waals surface area (Å²) in [6.07, 6.45) is 0.893. The van der Waals surface area contributed by atoms with E-state index in [4.69, 9.17) is 0 Å². The standard InChI is InChI=1S/C12H15NO3/c1-3-9-6-4-5-7-10(9)8-13-11(14)12(15)16-2/h4-7H,3,8H2,1-2H3,(H,13,14). The monoisotopic (exact) mass is 221 g/mol. The molecule has 0 radical (unpaired) electrons. The maximum atomic E-state index is 11.2. The highest BCUT2D eigenvalue weighted by atomic mass is 16.5. The van der Waals surface area contributed by atoms with Gasteiger partial charge in [0.1, 0.15) is 0 Å². The van der Waals surface area contributed by atoms with Gasteiger partial charge in [0.2, 0.25) is 0 Å². The molecule has 0 saturated heterocycles. The first kappa shape index (κ1) is 12.2. The van der Waals surface area contributed by atoms with E-state index in [0.29, 0.717) is 6.54 Å². The Labute approximate surface area is 94.6 Å². The smallest absolute Gasteiger partial charge is 0.396 e. The lowest BCUT2D eigenvalue weighted by molar-refractivity contribution is -0.152.